The topological polar surface area (TPSA) is 65.8 Å². The van der Waals surface area contributed by atoms with Crippen molar-refractivity contribution in [2.24, 2.45) is 7.05 Å². The molecule has 7 nitrogen and oxygen atoms in total. The minimum atomic E-state index is -0.213. The Bertz CT molecular complexity index is 502. The fraction of sp³-hybridized carbons (Fsp3) is 0.714. The van der Waals surface area contributed by atoms with Crippen molar-refractivity contribution >= 4 is 5.91 Å². The number of carbonyl (C=O) groups excluding carboxylic acids is 1. The molecule has 1 aromatic rings. The van der Waals surface area contributed by atoms with Gasteiger partial charge in [-0.05, 0) is 6.92 Å². The number of hydrogen-bond donors (Lipinski definition) is 0. The number of carbonyl (C=O) groups is 1. The summed E-state index contributed by atoms with van der Waals surface area (Å²) < 4.78 is 18.1. The van der Waals surface area contributed by atoms with Gasteiger partial charge in [0.05, 0.1) is 31.0 Å². The first-order valence-electron chi connectivity index (χ1n) is 6.90. The van der Waals surface area contributed by atoms with Crippen LogP contribution < -0.4 is 0 Å². The molecule has 21 heavy (non-hydrogen) atoms. The second-order valence-electron chi connectivity index (χ2n) is 5.26. The SMILES string of the molecule is CO[C@H]1[C@H](N(C)C(=O)c2cnn(C)c2C)COC[C@H]1OC. The van der Waals surface area contributed by atoms with E-state index < -0.39 is 0 Å². The number of amides is 1. The van der Waals surface area contributed by atoms with Crippen molar-refractivity contribution < 1.29 is 19.0 Å². The molecule has 0 radical (unpaired) electrons. The van der Waals surface area contributed by atoms with E-state index in [9.17, 15) is 4.79 Å². The number of aryl methyl sites for hydroxylation is 1. The van der Waals surface area contributed by atoms with Crippen molar-refractivity contribution in [2.45, 2.75) is 25.2 Å². The Morgan fingerprint density at radius 3 is 2.67 bits per heavy atom. The van der Waals surface area contributed by atoms with Crippen molar-refractivity contribution in [3.05, 3.63) is 17.5 Å². The third-order valence-corrected chi connectivity index (χ3v) is 4.17. The van der Waals surface area contributed by atoms with Gasteiger partial charge in [0.25, 0.3) is 5.91 Å². The molecule has 1 amide bonds. The molecule has 1 saturated heterocycles. The number of ether oxygens (including phenoxy) is 3. The van der Waals surface area contributed by atoms with E-state index in [2.05, 4.69) is 5.10 Å². The highest BCUT2D eigenvalue weighted by Gasteiger charge is 2.39. The summed E-state index contributed by atoms with van der Waals surface area (Å²) in [5.74, 6) is -0.0898. The van der Waals surface area contributed by atoms with Crippen LogP contribution in [0.5, 0.6) is 0 Å². The van der Waals surface area contributed by atoms with Gasteiger partial charge in [0.1, 0.15) is 12.2 Å². The Morgan fingerprint density at radius 1 is 1.43 bits per heavy atom. The number of rotatable bonds is 4. The Kier molecular flexibility index (Phi) is 4.97. The molecule has 1 fully saturated rings. The van der Waals surface area contributed by atoms with E-state index in [1.54, 1.807) is 37.0 Å². The zero-order valence-electron chi connectivity index (χ0n) is 13.2. The summed E-state index contributed by atoms with van der Waals surface area (Å²) in [4.78, 5) is 14.3. The molecule has 7 heteroatoms. The van der Waals surface area contributed by atoms with Gasteiger partial charge in [0, 0.05) is 34.0 Å². The Morgan fingerprint density at radius 2 is 2.14 bits per heavy atom. The van der Waals surface area contributed by atoms with Gasteiger partial charge >= 0.3 is 0 Å². The van der Waals surface area contributed by atoms with Crippen LogP contribution in [0.3, 0.4) is 0 Å². The van der Waals surface area contributed by atoms with Gasteiger partial charge in [-0.1, -0.05) is 0 Å². The normalized spacial score (nSPS) is 25.9. The lowest BCUT2D eigenvalue weighted by Gasteiger charge is -2.40. The summed E-state index contributed by atoms with van der Waals surface area (Å²) >= 11 is 0. The van der Waals surface area contributed by atoms with E-state index in [4.69, 9.17) is 14.2 Å². The van der Waals surface area contributed by atoms with E-state index in [-0.39, 0.29) is 24.2 Å². The Labute approximate surface area is 124 Å². The van der Waals surface area contributed by atoms with Crippen LogP contribution in [0.4, 0.5) is 0 Å². The third kappa shape index (κ3) is 2.95. The van der Waals surface area contributed by atoms with Crippen LogP contribution in [-0.4, -0.2) is 73.3 Å². The zero-order chi connectivity index (χ0) is 15.6. The van der Waals surface area contributed by atoms with Crippen LogP contribution in [0.2, 0.25) is 0 Å². The average molecular weight is 297 g/mol. The molecule has 3 atom stereocenters. The molecule has 1 aliphatic heterocycles. The molecular formula is C14H23N3O4. The monoisotopic (exact) mass is 297 g/mol. The van der Waals surface area contributed by atoms with Gasteiger partial charge in [0.2, 0.25) is 0 Å². The van der Waals surface area contributed by atoms with Gasteiger partial charge in [-0.25, -0.2) is 0 Å². The van der Waals surface area contributed by atoms with Crippen molar-refractivity contribution in [2.75, 3.05) is 34.5 Å². The van der Waals surface area contributed by atoms with Crippen molar-refractivity contribution in [3.8, 4) is 0 Å². The Balaban J connectivity index is 2.19. The molecule has 0 N–H and O–H groups in total. The molecule has 118 valence electrons. The quantitative estimate of drug-likeness (QED) is 0.796. The summed E-state index contributed by atoms with van der Waals surface area (Å²) in [6.45, 7) is 2.77. The number of aromatic nitrogens is 2. The summed E-state index contributed by atoms with van der Waals surface area (Å²) in [6, 6.07) is -0.194. The van der Waals surface area contributed by atoms with Gasteiger partial charge in [-0.3, -0.25) is 9.48 Å². The number of nitrogens with zero attached hydrogens (tertiary/aromatic N) is 3. The molecule has 0 aliphatic carbocycles. The highest BCUT2D eigenvalue weighted by Crippen LogP contribution is 2.21. The van der Waals surface area contributed by atoms with E-state index in [0.717, 1.165) is 5.69 Å². The summed E-state index contributed by atoms with van der Waals surface area (Å²) in [5.41, 5.74) is 1.43. The fourth-order valence-corrected chi connectivity index (χ4v) is 2.63. The van der Waals surface area contributed by atoms with Gasteiger partial charge in [-0.15, -0.1) is 0 Å². The average Bonchev–Trinajstić information content (AvgIpc) is 2.84. The molecule has 2 heterocycles. The lowest BCUT2D eigenvalue weighted by Crippen LogP contribution is -2.57. The summed E-state index contributed by atoms with van der Waals surface area (Å²) in [6.07, 6.45) is 1.20. The molecule has 1 aromatic heterocycles. The Hall–Kier alpha value is -1.44. The first kappa shape index (κ1) is 15.9. The third-order valence-electron chi connectivity index (χ3n) is 4.17. The van der Waals surface area contributed by atoms with Crippen LogP contribution in [0.25, 0.3) is 0 Å². The van der Waals surface area contributed by atoms with E-state index in [1.807, 2.05) is 14.0 Å². The van der Waals surface area contributed by atoms with Crippen LogP contribution >= 0.6 is 0 Å². The highest BCUT2D eigenvalue weighted by molar-refractivity contribution is 5.95. The summed E-state index contributed by atoms with van der Waals surface area (Å²) in [5, 5.41) is 4.12. The smallest absolute Gasteiger partial charge is 0.257 e. The van der Waals surface area contributed by atoms with Gasteiger partial charge in [-0.2, -0.15) is 5.10 Å². The minimum Gasteiger partial charge on any atom is -0.376 e. The maximum atomic E-state index is 12.7. The van der Waals surface area contributed by atoms with E-state index >= 15 is 0 Å². The largest absolute Gasteiger partial charge is 0.376 e. The van der Waals surface area contributed by atoms with Crippen molar-refractivity contribution in [1.82, 2.24) is 14.7 Å². The second-order valence-corrected chi connectivity index (χ2v) is 5.26. The van der Waals surface area contributed by atoms with Crippen molar-refractivity contribution in [1.29, 1.82) is 0 Å². The lowest BCUT2D eigenvalue weighted by atomic mass is 10.0. The molecular weight excluding hydrogens is 274 g/mol. The molecule has 0 bridgehead atoms. The van der Waals surface area contributed by atoms with E-state index in [1.165, 1.54) is 0 Å². The zero-order valence-corrected chi connectivity index (χ0v) is 13.2. The van der Waals surface area contributed by atoms with E-state index in [0.29, 0.717) is 18.8 Å². The first-order valence-corrected chi connectivity index (χ1v) is 6.90. The molecule has 0 unspecified atom stereocenters. The summed E-state index contributed by atoms with van der Waals surface area (Å²) in [7, 11) is 6.82. The molecule has 1 aliphatic rings. The number of hydrogen-bond acceptors (Lipinski definition) is 5. The maximum absolute atomic E-state index is 12.7. The van der Waals surface area contributed by atoms with Crippen LogP contribution in [0, 0.1) is 6.92 Å². The molecule has 0 spiro atoms. The predicted molar refractivity (Wildman–Crippen MR) is 76.2 cm³/mol. The van der Waals surface area contributed by atoms with Crippen LogP contribution in [0.1, 0.15) is 16.1 Å². The van der Waals surface area contributed by atoms with Crippen LogP contribution in [0.15, 0.2) is 6.20 Å². The fourth-order valence-electron chi connectivity index (χ4n) is 2.63. The van der Waals surface area contributed by atoms with Crippen LogP contribution in [-0.2, 0) is 21.3 Å². The first-order chi connectivity index (χ1) is 10.0. The molecule has 0 saturated carbocycles. The van der Waals surface area contributed by atoms with Crippen molar-refractivity contribution in [3.63, 3.8) is 0 Å². The highest BCUT2D eigenvalue weighted by atomic mass is 16.6. The van der Waals surface area contributed by atoms with Gasteiger partial charge < -0.3 is 19.1 Å². The predicted octanol–water partition coefficient (Wildman–Crippen LogP) is 0.229. The number of methoxy groups -OCH3 is 2. The second kappa shape index (κ2) is 6.55. The standard InChI is InChI=1S/C14H23N3O4/c1-9-10(6-15-17(9)3)14(18)16(2)11-7-21-8-12(19-4)13(11)20-5/h6,11-13H,7-8H2,1-5H3/t11-,12-,13+/m1/s1. The maximum Gasteiger partial charge on any atom is 0.257 e. The van der Waals surface area contributed by atoms with Gasteiger partial charge in [0.15, 0.2) is 0 Å². The molecule has 0 aromatic carbocycles. The number of likely N-dealkylation sites (N-methyl/N-ethyl adjacent to an activating group) is 1. The lowest BCUT2D eigenvalue weighted by molar-refractivity contribution is -0.147. The minimum absolute atomic E-state index is 0.0898. The molecule has 2 rings (SSSR count).